The summed E-state index contributed by atoms with van der Waals surface area (Å²) >= 11 is 6.61. The van der Waals surface area contributed by atoms with E-state index in [1.54, 1.807) is 12.1 Å². The van der Waals surface area contributed by atoms with Gasteiger partial charge in [-0.3, -0.25) is 34.7 Å². The molecular formula is C21H12ClN7O6S. The van der Waals surface area contributed by atoms with Crippen LogP contribution in [0.3, 0.4) is 0 Å². The van der Waals surface area contributed by atoms with Gasteiger partial charge in [0.15, 0.2) is 5.13 Å². The Morgan fingerprint density at radius 2 is 2.03 bits per heavy atom. The monoisotopic (exact) mass is 525 g/mol. The predicted molar refractivity (Wildman–Crippen MR) is 127 cm³/mol. The van der Waals surface area contributed by atoms with Crippen molar-refractivity contribution in [2.24, 2.45) is 0 Å². The van der Waals surface area contributed by atoms with Crippen LogP contribution in [0.2, 0.25) is 5.02 Å². The van der Waals surface area contributed by atoms with Crippen molar-refractivity contribution in [3.63, 3.8) is 0 Å². The Labute approximate surface area is 209 Å². The van der Waals surface area contributed by atoms with Gasteiger partial charge in [0.05, 0.1) is 40.2 Å². The van der Waals surface area contributed by atoms with Crippen molar-refractivity contribution in [3.8, 4) is 11.4 Å². The fraction of sp³-hybridized carbons (Fsp3) is 0.0476. The van der Waals surface area contributed by atoms with E-state index in [2.05, 4.69) is 20.6 Å². The Morgan fingerprint density at radius 3 is 2.75 bits per heavy atom. The summed E-state index contributed by atoms with van der Waals surface area (Å²) < 4.78 is 1.33. The Hall–Kier alpha value is -4.69. The van der Waals surface area contributed by atoms with Gasteiger partial charge < -0.3 is 5.11 Å². The quantitative estimate of drug-likeness (QED) is 0.218. The number of nitrogens with one attached hydrogen (secondary N) is 1. The van der Waals surface area contributed by atoms with E-state index < -0.39 is 22.5 Å². The van der Waals surface area contributed by atoms with E-state index in [0.717, 1.165) is 6.20 Å². The fourth-order valence-electron chi connectivity index (χ4n) is 3.52. The molecule has 0 saturated carbocycles. The first-order valence-electron chi connectivity index (χ1n) is 10.0. The number of rotatable bonds is 6. The van der Waals surface area contributed by atoms with Crippen molar-refractivity contribution in [2.75, 3.05) is 10.2 Å². The van der Waals surface area contributed by atoms with Crippen LogP contribution >= 0.6 is 22.9 Å². The van der Waals surface area contributed by atoms with Gasteiger partial charge in [0.1, 0.15) is 17.6 Å². The molecule has 0 saturated heterocycles. The standard InChI is InChI=1S/C21H12ClN7O6S/c22-10-1-4-15-14(5-10)18(31)20(33)27(15)8-11-9-28(26-25-11)12-2-3-13(16(30)6-12)19(32)24-21-23-7-17(36-21)29(34)35/h1-7,9,30H,8H2,(H,23,24,32). The van der Waals surface area contributed by atoms with Crippen molar-refractivity contribution in [3.05, 3.63) is 80.7 Å². The number of aromatic hydroxyl groups is 1. The molecule has 2 amide bonds. The highest BCUT2D eigenvalue weighted by Crippen LogP contribution is 2.32. The number of amides is 2. The van der Waals surface area contributed by atoms with Crippen LogP contribution in [0.25, 0.3) is 5.69 Å². The highest BCUT2D eigenvalue weighted by molar-refractivity contribution is 7.18. The summed E-state index contributed by atoms with van der Waals surface area (Å²) in [6, 6.07) is 8.71. The van der Waals surface area contributed by atoms with E-state index in [1.165, 1.54) is 40.0 Å². The molecule has 0 spiro atoms. The Kier molecular flexibility index (Phi) is 5.66. The van der Waals surface area contributed by atoms with Gasteiger partial charge in [-0.2, -0.15) is 0 Å². The number of ketones is 1. The summed E-state index contributed by atoms with van der Waals surface area (Å²) in [6.07, 6.45) is 2.53. The molecule has 15 heteroatoms. The molecule has 0 aliphatic carbocycles. The van der Waals surface area contributed by atoms with Crippen LogP contribution in [0.15, 0.2) is 48.8 Å². The van der Waals surface area contributed by atoms with E-state index in [4.69, 9.17) is 11.6 Å². The maximum Gasteiger partial charge on any atom is 0.345 e. The largest absolute Gasteiger partial charge is 0.507 e. The lowest BCUT2D eigenvalue weighted by atomic mass is 10.1. The van der Waals surface area contributed by atoms with E-state index in [9.17, 15) is 29.6 Å². The molecule has 2 N–H and O–H groups in total. The molecule has 2 aromatic carbocycles. The number of thiazole rings is 1. The van der Waals surface area contributed by atoms with Gasteiger partial charge in [-0.05, 0) is 41.7 Å². The molecule has 3 heterocycles. The Morgan fingerprint density at radius 1 is 1.22 bits per heavy atom. The number of carbonyl (C=O) groups is 3. The summed E-state index contributed by atoms with van der Waals surface area (Å²) in [6.45, 7) is -0.0222. The summed E-state index contributed by atoms with van der Waals surface area (Å²) in [4.78, 5) is 52.3. The lowest BCUT2D eigenvalue weighted by Crippen LogP contribution is -2.29. The van der Waals surface area contributed by atoms with Crippen LogP contribution < -0.4 is 10.2 Å². The molecule has 0 unspecified atom stereocenters. The molecule has 180 valence electrons. The lowest BCUT2D eigenvalue weighted by molar-refractivity contribution is -0.380. The lowest BCUT2D eigenvalue weighted by Gasteiger charge is -2.14. The number of phenols is 1. The summed E-state index contributed by atoms with van der Waals surface area (Å²) in [5.74, 6) is -2.45. The van der Waals surface area contributed by atoms with Crippen LogP contribution in [0.5, 0.6) is 5.75 Å². The normalized spacial score (nSPS) is 12.6. The fourth-order valence-corrected chi connectivity index (χ4v) is 4.31. The predicted octanol–water partition coefficient (Wildman–Crippen LogP) is 2.97. The molecule has 0 atom stereocenters. The zero-order valence-corrected chi connectivity index (χ0v) is 19.4. The minimum Gasteiger partial charge on any atom is -0.507 e. The number of fused-ring (bicyclic) bond motifs is 1. The number of phenolic OH excluding ortho intramolecular Hbond substituents is 1. The first-order chi connectivity index (χ1) is 17.2. The molecule has 0 radical (unpaired) electrons. The van der Waals surface area contributed by atoms with Gasteiger partial charge >= 0.3 is 5.00 Å². The van der Waals surface area contributed by atoms with Crippen molar-refractivity contribution < 1.29 is 24.4 Å². The molecule has 0 bridgehead atoms. The average molecular weight is 526 g/mol. The highest BCUT2D eigenvalue weighted by Gasteiger charge is 2.36. The summed E-state index contributed by atoms with van der Waals surface area (Å²) in [5, 5.41) is 31.7. The van der Waals surface area contributed by atoms with E-state index in [1.807, 2.05) is 0 Å². The van der Waals surface area contributed by atoms with Crippen LogP contribution in [-0.2, 0) is 11.3 Å². The van der Waals surface area contributed by atoms with E-state index >= 15 is 0 Å². The Bertz CT molecular complexity index is 1580. The van der Waals surface area contributed by atoms with Crippen LogP contribution in [-0.4, -0.2) is 47.6 Å². The number of Topliss-reactive ketones (excluding diaryl/α,β-unsaturated/α-hetero) is 1. The number of halogens is 1. The van der Waals surface area contributed by atoms with E-state index in [-0.39, 0.29) is 33.6 Å². The van der Waals surface area contributed by atoms with Gasteiger partial charge in [-0.15, -0.1) is 5.10 Å². The third-order valence-corrected chi connectivity index (χ3v) is 6.28. The molecule has 36 heavy (non-hydrogen) atoms. The first kappa shape index (κ1) is 23.1. The molecule has 0 fully saturated rings. The maximum atomic E-state index is 12.5. The Balaban J connectivity index is 1.32. The number of nitro groups is 1. The maximum absolute atomic E-state index is 12.5. The topological polar surface area (TPSA) is 173 Å². The number of carbonyl (C=O) groups excluding carboxylic acids is 3. The third-order valence-electron chi connectivity index (χ3n) is 5.18. The van der Waals surface area contributed by atoms with Crippen molar-refractivity contribution in [1.82, 2.24) is 20.0 Å². The number of nitrogens with zero attached hydrogens (tertiary/aromatic N) is 6. The molecule has 2 aromatic heterocycles. The number of hydrogen-bond acceptors (Lipinski definition) is 10. The third kappa shape index (κ3) is 4.14. The highest BCUT2D eigenvalue weighted by atomic mass is 35.5. The minimum atomic E-state index is -0.710. The van der Waals surface area contributed by atoms with Gasteiger partial charge in [-0.25, -0.2) is 9.67 Å². The summed E-state index contributed by atoms with van der Waals surface area (Å²) in [5.41, 5.74) is 1.27. The van der Waals surface area contributed by atoms with Gasteiger partial charge in [0.25, 0.3) is 17.6 Å². The number of benzene rings is 2. The van der Waals surface area contributed by atoms with Gasteiger partial charge in [0, 0.05) is 11.1 Å². The molecule has 1 aliphatic rings. The van der Waals surface area contributed by atoms with Crippen LogP contribution in [0.1, 0.15) is 26.4 Å². The zero-order chi connectivity index (χ0) is 25.6. The SMILES string of the molecule is O=C(Nc1ncc([N+](=O)[O-])s1)c1ccc(-n2cc(CN3C(=O)C(=O)c4cc(Cl)ccc43)nn2)cc1O. The van der Waals surface area contributed by atoms with Crippen molar-refractivity contribution in [1.29, 1.82) is 0 Å². The molecular weight excluding hydrogens is 514 g/mol. The molecule has 5 rings (SSSR count). The molecule has 1 aliphatic heterocycles. The first-order valence-corrected chi connectivity index (χ1v) is 11.2. The number of anilines is 2. The van der Waals surface area contributed by atoms with Gasteiger partial charge in [0.2, 0.25) is 0 Å². The van der Waals surface area contributed by atoms with Crippen LogP contribution in [0.4, 0.5) is 15.8 Å². The number of hydrogen-bond donors (Lipinski definition) is 2. The molecule has 13 nitrogen and oxygen atoms in total. The number of aromatic nitrogens is 4. The second kappa shape index (κ2) is 8.83. The second-order valence-electron chi connectivity index (χ2n) is 7.45. The minimum absolute atomic E-state index is 0.00915. The van der Waals surface area contributed by atoms with E-state index in [0.29, 0.717) is 33.4 Å². The zero-order valence-electron chi connectivity index (χ0n) is 17.8. The van der Waals surface area contributed by atoms with Crippen molar-refractivity contribution in [2.45, 2.75) is 6.54 Å². The smallest absolute Gasteiger partial charge is 0.345 e. The van der Waals surface area contributed by atoms with Crippen LogP contribution in [0, 0.1) is 10.1 Å². The average Bonchev–Trinajstić information content (AvgIpc) is 3.56. The summed E-state index contributed by atoms with van der Waals surface area (Å²) in [7, 11) is 0. The van der Waals surface area contributed by atoms with Crippen molar-refractivity contribution >= 4 is 56.4 Å². The van der Waals surface area contributed by atoms with Gasteiger partial charge in [-0.1, -0.05) is 16.8 Å². The second-order valence-corrected chi connectivity index (χ2v) is 8.90. The molecule has 4 aromatic rings.